The van der Waals surface area contributed by atoms with Crippen LogP contribution in [0.25, 0.3) is 0 Å². The number of likely N-dealkylation sites (tertiary alicyclic amines) is 1. The van der Waals surface area contributed by atoms with Crippen LogP contribution in [0.4, 0.5) is 5.69 Å². The van der Waals surface area contributed by atoms with Crippen LogP contribution in [-0.2, 0) is 9.57 Å². The molecule has 1 atom stereocenters. The van der Waals surface area contributed by atoms with E-state index in [1.165, 1.54) is 10.6 Å². The first-order chi connectivity index (χ1) is 16.6. The van der Waals surface area contributed by atoms with Gasteiger partial charge in [0.05, 0.1) is 23.5 Å². The van der Waals surface area contributed by atoms with Crippen LogP contribution in [-0.4, -0.2) is 41.8 Å². The number of methoxy groups -OCH3 is 1. The molecule has 3 heterocycles. The van der Waals surface area contributed by atoms with Crippen molar-refractivity contribution in [2.45, 2.75) is 45.1 Å². The largest absolute Gasteiger partial charge is 0.468 e. The number of thiazole rings is 1. The predicted molar refractivity (Wildman–Crippen MR) is 137 cm³/mol. The quantitative estimate of drug-likeness (QED) is 0.337. The predicted octanol–water partition coefficient (Wildman–Crippen LogP) is 6.14. The van der Waals surface area contributed by atoms with E-state index in [0.29, 0.717) is 11.9 Å². The smallest absolute Gasteiger partial charge is 0.292 e. The Morgan fingerprint density at radius 1 is 1.12 bits per heavy atom. The van der Waals surface area contributed by atoms with Gasteiger partial charge in [-0.3, -0.25) is 0 Å². The van der Waals surface area contributed by atoms with Gasteiger partial charge in [-0.2, -0.15) is 4.99 Å². The van der Waals surface area contributed by atoms with Crippen LogP contribution in [0.3, 0.4) is 0 Å². The highest BCUT2D eigenvalue weighted by molar-refractivity contribution is 7.10. The first kappa shape index (κ1) is 22.6. The third-order valence-electron chi connectivity index (χ3n) is 6.54. The van der Waals surface area contributed by atoms with Gasteiger partial charge in [0, 0.05) is 30.8 Å². The SMILES string of the molecule is COC(=Nc1cc(C)ccc1C)N1CCC(c2nc(C3=NOC(c4ccccc4)C3)cs2)CC1. The normalized spacial score (nSPS) is 19.1. The Bertz CT molecular complexity index is 1200. The molecule has 176 valence electrons. The summed E-state index contributed by atoms with van der Waals surface area (Å²) in [6, 6.07) is 17.3. The summed E-state index contributed by atoms with van der Waals surface area (Å²) >= 11 is 1.73. The average Bonchev–Trinajstić information content (AvgIpc) is 3.55. The molecule has 0 bridgehead atoms. The van der Waals surface area contributed by atoms with Crippen molar-refractivity contribution in [3.05, 3.63) is 81.3 Å². The van der Waals surface area contributed by atoms with Gasteiger partial charge in [0.2, 0.25) is 0 Å². The molecule has 6 nitrogen and oxygen atoms in total. The number of hydrogen-bond acceptors (Lipinski definition) is 6. The molecule has 2 aliphatic rings. The molecule has 0 amide bonds. The first-order valence-corrected chi connectivity index (χ1v) is 12.7. The maximum atomic E-state index is 5.70. The van der Waals surface area contributed by atoms with E-state index in [-0.39, 0.29) is 6.10 Å². The minimum absolute atomic E-state index is 0.0200. The van der Waals surface area contributed by atoms with Crippen molar-refractivity contribution in [1.82, 2.24) is 9.88 Å². The maximum absolute atomic E-state index is 5.70. The molecular weight excluding hydrogens is 444 g/mol. The highest BCUT2D eigenvalue weighted by Crippen LogP contribution is 2.34. The number of aliphatic imine (C=N–C) groups is 1. The van der Waals surface area contributed by atoms with Crippen molar-refractivity contribution in [2.24, 2.45) is 10.1 Å². The van der Waals surface area contributed by atoms with E-state index in [9.17, 15) is 0 Å². The van der Waals surface area contributed by atoms with Crippen LogP contribution in [0.15, 0.2) is 64.1 Å². The van der Waals surface area contributed by atoms with Crippen molar-refractivity contribution >= 4 is 28.8 Å². The summed E-state index contributed by atoms with van der Waals surface area (Å²) in [5, 5.41) is 7.65. The molecule has 2 aliphatic heterocycles. The Balaban J connectivity index is 1.21. The van der Waals surface area contributed by atoms with E-state index < -0.39 is 0 Å². The molecular formula is C27H30N4O2S. The third-order valence-corrected chi connectivity index (χ3v) is 7.54. The standard InChI is InChI=1S/C27H30N4O2S/c1-18-9-10-19(2)22(15-18)29-27(32-3)31-13-11-21(12-14-31)26-28-24(17-34-26)23-16-25(33-30-23)20-7-5-4-6-8-20/h4-10,15,17,21,25H,11-14,16H2,1-3H3. The molecule has 7 heteroatoms. The van der Waals surface area contributed by atoms with Crippen molar-refractivity contribution in [3.8, 4) is 0 Å². The fourth-order valence-corrected chi connectivity index (χ4v) is 5.49. The van der Waals surface area contributed by atoms with Gasteiger partial charge in [0.15, 0.2) is 6.10 Å². The van der Waals surface area contributed by atoms with Crippen molar-refractivity contribution in [1.29, 1.82) is 0 Å². The topological polar surface area (TPSA) is 59.3 Å². The van der Waals surface area contributed by atoms with Gasteiger partial charge in [0.1, 0.15) is 5.71 Å². The van der Waals surface area contributed by atoms with Gasteiger partial charge in [-0.15, -0.1) is 11.3 Å². The number of piperidine rings is 1. The third kappa shape index (κ3) is 4.85. The Hall–Kier alpha value is -3.19. The molecule has 0 spiro atoms. The van der Waals surface area contributed by atoms with E-state index in [0.717, 1.165) is 60.6 Å². The summed E-state index contributed by atoms with van der Waals surface area (Å²) in [4.78, 5) is 17.7. The molecule has 3 aromatic rings. The lowest BCUT2D eigenvalue weighted by Gasteiger charge is -2.32. The molecule has 34 heavy (non-hydrogen) atoms. The van der Waals surface area contributed by atoms with E-state index in [1.807, 2.05) is 18.2 Å². The molecule has 5 rings (SSSR count). The molecule has 1 fully saturated rings. The molecule has 1 unspecified atom stereocenters. The molecule has 1 saturated heterocycles. The van der Waals surface area contributed by atoms with Gasteiger partial charge in [-0.05, 0) is 49.4 Å². The molecule has 0 radical (unpaired) electrons. The lowest BCUT2D eigenvalue weighted by Crippen LogP contribution is -2.38. The van der Waals surface area contributed by atoms with Crippen LogP contribution in [0.2, 0.25) is 0 Å². The number of amidine groups is 1. The molecule has 0 aliphatic carbocycles. The molecule has 1 aromatic heterocycles. The fourth-order valence-electron chi connectivity index (χ4n) is 4.49. The molecule has 0 N–H and O–H groups in total. The number of aryl methyl sites for hydroxylation is 2. The number of nitrogens with zero attached hydrogens (tertiary/aromatic N) is 4. The van der Waals surface area contributed by atoms with Gasteiger partial charge < -0.3 is 14.5 Å². The monoisotopic (exact) mass is 474 g/mol. The van der Waals surface area contributed by atoms with Crippen LogP contribution in [0.1, 0.15) is 58.7 Å². The average molecular weight is 475 g/mol. The lowest BCUT2D eigenvalue weighted by molar-refractivity contribution is 0.0857. The maximum Gasteiger partial charge on any atom is 0.292 e. The van der Waals surface area contributed by atoms with Crippen LogP contribution in [0.5, 0.6) is 0 Å². The second-order valence-corrected chi connectivity index (χ2v) is 9.86. The van der Waals surface area contributed by atoms with Crippen LogP contribution < -0.4 is 0 Å². The summed E-state index contributed by atoms with van der Waals surface area (Å²) < 4.78 is 5.68. The summed E-state index contributed by atoms with van der Waals surface area (Å²) in [6.45, 7) is 5.97. The molecule has 0 saturated carbocycles. The van der Waals surface area contributed by atoms with Crippen molar-refractivity contribution < 1.29 is 9.57 Å². The fraction of sp³-hybridized carbons (Fsp3) is 0.370. The minimum atomic E-state index is -0.0200. The Kier molecular flexibility index (Phi) is 6.63. The van der Waals surface area contributed by atoms with Gasteiger partial charge >= 0.3 is 0 Å². The second kappa shape index (κ2) is 9.97. The van der Waals surface area contributed by atoms with E-state index in [4.69, 9.17) is 19.6 Å². The summed E-state index contributed by atoms with van der Waals surface area (Å²) in [7, 11) is 1.70. The summed E-state index contributed by atoms with van der Waals surface area (Å²) in [5.41, 5.74) is 6.37. The summed E-state index contributed by atoms with van der Waals surface area (Å²) in [5.74, 6) is 0.446. The Labute approximate surface area is 205 Å². The highest BCUT2D eigenvalue weighted by atomic mass is 32.1. The Morgan fingerprint density at radius 2 is 1.91 bits per heavy atom. The first-order valence-electron chi connectivity index (χ1n) is 11.8. The summed E-state index contributed by atoms with van der Waals surface area (Å²) in [6.07, 6.45) is 2.79. The van der Waals surface area contributed by atoms with E-state index in [1.54, 1.807) is 18.4 Å². The second-order valence-electron chi connectivity index (χ2n) is 8.97. The van der Waals surface area contributed by atoms with Gasteiger partial charge in [-0.1, -0.05) is 47.6 Å². The Morgan fingerprint density at radius 3 is 2.68 bits per heavy atom. The van der Waals surface area contributed by atoms with Crippen LogP contribution >= 0.6 is 11.3 Å². The number of benzene rings is 2. The van der Waals surface area contributed by atoms with Crippen molar-refractivity contribution in [3.63, 3.8) is 0 Å². The molecule has 2 aromatic carbocycles. The zero-order chi connectivity index (χ0) is 23.5. The highest BCUT2D eigenvalue weighted by Gasteiger charge is 2.28. The van der Waals surface area contributed by atoms with Gasteiger partial charge in [-0.25, -0.2) is 4.98 Å². The number of aromatic nitrogens is 1. The van der Waals surface area contributed by atoms with E-state index in [2.05, 4.69) is 59.6 Å². The number of oxime groups is 1. The number of rotatable bonds is 4. The minimum Gasteiger partial charge on any atom is -0.468 e. The van der Waals surface area contributed by atoms with Crippen molar-refractivity contribution in [2.75, 3.05) is 20.2 Å². The van der Waals surface area contributed by atoms with Gasteiger partial charge in [0.25, 0.3) is 6.02 Å². The zero-order valence-electron chi connectivity index (χ0n) is 19.9. The lowest BCUT2D eigenvalue weighted by atomic mass is 9.97. The van der Waals surface area contributed by atoms with E-state index >= 15 is 0 Å². The number of hydrogen-bond donors (Lipinski definition) is 0. The zero-order valence-corrected chi connectivity index (χ0v) is 20.7. The number of ether oxygens (including phenoxy) is 1. The van der Waals surface area contributed by atoms with Crippen LogP contribution in [0, 0.1) is 13.8 Å².